The lowest BCUT2D eigenvalue weighted by molar-refractivity contribution is 0.415. The van der Waals surface area contributed by atoms with Gasteiger partial charge in [-0.1, -0.05) is 0 Å². The Hall–Kier alpha value is -2.02. The molecular weight excluding hydrogens is 190 g/mol. The highest BCUT2D eigenvalue weighted by Crippen LogP contribution is 2.13. The summed E-state index contributed by atoms with van der Waals surface area (Å²) in [7, 11) is 1.63. The number of hydrogen-bond donors (Lipinski definition) is 1. The first-order valence-corrected chi connectivity index (χ1v) is 4.68. The Morgan fingerprint density at radius 2 is 2.20 bits per heavy atom. The average Bonchev–Trinajstić information content (AvgIpc) is 2.78. The Bertz CT molecular complexity index is 416. The molecule has 2 rings (SSSR count). The zero-order valence-electron chi connectivity index (χ0n) is 8.40. The van der Waals surface area contributed by atoms with E-state index in [0.717, 1.165) is 17.1 Å². The number of nitrogens with zero attached hydrogens (tertiary/aromatic N) is 2. The van der Waals surface area contributed by atoms with Gasteiger partial charge in [-0.2, -0.15) is 5.26 Å². The summed E-state index contributed by atoms with van der Waals surface area (Å²) >= 11 is 0. The topological polar surface area (TPSA) is 57.4 Å². The predicted octanol–water partition coefficient (Wildman–Crippen LogP) is 0.937. The summed E-state index contributed by atoms with van der Waals surface area (Å²) in [5.74, 6) is 1.60. The van der Waals surface area contributed by atoms with Crippen LogP contribution < -0.4 is 10.1 Å². The summed E-state index contributed by atoms with van der Waals surface area (Å²) in [5, 5.41) is 11.7. The molecule has 1 aromatic carbocycles. The summed E-state index contributed by atoms with van der Waals surface area (Å²) in [5.41, 5.74) is 0.980. The van der Waals surface area contributed by atoms with E-state index in [1.54, 1.807) is 7.11 Å². The Morgan fingerprint density at radius 3 is 2.73 bits per heavy atom. The fourth-order valence-electron chi connectivity index (χ4n) is 1.44. The van der Waals surface area contributed by atoms with Crippen molar-refractivity contribution in [1.29, 1.82) is 5.26 Å². The second-order valence-corrected chi connectivity index (χ2v) is 3.24. The minimum atomic E-state index is -0.192. The van der Waals surface area contributed by atoms with Gasteiger partial charge in [0.1, 0.15) is 17.6 Å². The Morgan fingerprint density at radius 1 is 1.47 bits per heavy atom. The molecule has 4 heteroatoms. The maximum Gasteiger partial charge on any atom is 0.135 e. The van der Waals surface area contributed by atoms with Gasteiger partial charge >= 0.3 is 0 Å². The molecular formula is C11H11N3O. The zero-order valence-corrected chi connectivity index (χ0v) is 8.40. The van der Waals surface area contributed by atoms with Crippen molar-refractivity contribution in [3.05, 3.63) is 29.8 Å². The largest absolute Gasteiger partial charge is 0.497 e. The second kappa shape index (κ2) is 4.01. The van der Waals surface area contributed by atoms with Crippen LogP contribution in [-0.4, -0.2) is 25.5 Å². The van der Waals surface area contributed by atoms with E-state index in [0.29, 0.717) is 6.54 Å². The van der Waals surface area contributed by atoms with Crippen molar-refractivity contribution in [2.24, 2.45) is 4.99 Å². The lowest BCUT2D eigenvalue weighted by Gasteiger charge is -2.05. The molecule has 0 aromatic heterocycles. The van der Waals surface area contributed by atoms with Crippen LogP contribution in [0.5, 0.6) is 5.75 Å². The third kappa shape index (κ3) is 1.91. The molecule has 0 saturated heterocycles. The van der Waals surface area contributed by atoms with E-state index in [9.17, 15) is 0 Å². The Kier molecular flexibility index (Phi) is 2.55. The number of nitrogens with one attached hydrogen (secondary N) is 1. The van der Waals surface area contributed by atoms with Crippen LogP contribution in [0, 0.1) is 11.3 Å². The minimum Gasteiger partial charge on any atom is -0.497 e. The third-order valence-electron chi connectivity index (χ3n) is 2.26. The van der Waals surface area contributed by atoms with Crippen LogP contribution in [0.2, 0.25) is 0 Å². The molecule has 76 valence electrons. The van der Waals surface area contributed by atoms with Gasteiger partial charge in [0, 0.05) is 5.56 Å². The summed E-state index contributed by atoms with van der Waals surface area (Å²) in [6.07, 6.45) is 0. The molecule has 1 unspecified atom stereocenters. The van der Waals surface area contributed by atoms with Gasteiger partial charge in [0.05, 0.1) is 19.7 Å². The van der Waals surface area contributed by atoms with Gasteiger partial charge in [-0.25, -0.2) is 0 Å². The molecule has 1 atom stereocenters. The van der Waals surface area contributed by atoms with Crippen LogP contribution in [0.1, 0.15) is 5.56 Å². The number of hydrogen-bond acceptors (Lipinski definition) is 4. The molecule has 0 spiro atoms. The molecule has 4 nitrogen and oxygen atoms in total. The highest BCUT2D eigenvalue weighted by Gasteiger charge is 2.17. The second-order valence-electron chi connectivity index (χ2n) is 3.24. The normalized spacial score (nSPS) is 18.9. The molecule has 0 bridgehead atoms. The number of methoxy groups -OCH3 is 1. The van der Waals surface area contributed by atoms with Crippen LogP contribution in [0.25, 0.3) is 0 Å². The number of rotatable bonds is 2. The van der Waals surface area contributed by atoms with E-state index >= 15 is 0 Å². The van der Waals surface area contributed by atoms with Crippen molar-refractivity contribution in [2.45, 2.75) is 6.04 Å². The van der Waals surface area contributed by atoms with Gasteiger partial charge in [-0.3, -0.25) is 4.99 Å². The molecule has 0 saturated carbocycles. The number of aliphatic imine (C=N–C) groups is 1. The quantitative estimate of drug-likeness (QED) is 0.774. The van der Waals surface area contributed by atoms with Crippen molar-refractivity contribution in [3.8, 4) is 11.8 Å². The van der Waals surface area contributed by atoms with Crippen molar-refractivity contribution in [2.75, 3.05) is 13.7 Å². The van der Waals surface area contributed by atoms with Crippen molar-refractivity contribution in [3.63, 3.8) is 0 Å². The summed E-state index contributed by atoms with van der Waals surface area (Å²) < 4.78 is 5.06. The number of benzene rings is 1. The van der Waals surface area contributed by atoms with E-state index in [2.05, 4.69) is 16.4 Å². The smallest absolute Gasteiger partial charge is 0.135 e. The van der Waals surface area contributed by atoms with Crippen LogP contribution in [0.3, 0.4) is 0 Å². The highest BCUT2D eigenvalue weighted by molar-refractivity contribution is 6.00. The van der Waals surface area contributed by atoms with Crippen LogP contribution in [0.4, 0.5) is 0 Å². The molecule has 1 aromatic rings. The van der Waals surface area contributed by atoms with Crippen LogP contribution in [0.15, 0.2) is 29.3 Å². The zero-order chi connectivity index (χ0) is 10.7. The van der Waals surface area contributed by atoms with E-state index < -0.39 is 0 Å². The minimum absolute atomic E-state index is 0.192. The molecule has 1 heterocycles. The first-order chi connectivity index (χ1) is 7.33. The summed E-state index contributed by atoms with van der Waals surface area (Å²) in [6, 6.07) is 9.53. The first kappa shape index (κ1) is 9.53. The van der Waals surface area contributed by atoms with Gasteiger partial charge in [-0.15, -0.1) is 0 Å². The molecule has 0 aliphatic carbocycles. The maximum absolute atomic E-state index is 8.71. The van der Waals surface area contributed by atoms with Crippen molar-refractivity contribution in [1.82, 2.24) is 5.32 Å². The number of nitriles is 1. The maximum atomic E-state index is 8.71. The fraction of sp³-hybridized carbons (Fsp3) is 0.273. The third-order valence-corrected chi connectivity index (χ3v) is 2.26. The van der Waals surface area contributed by atoms with Crippen LogP contribution in [-0.2, 0) is 0 Å². The molecule has 1 aliphatic heterocycles. The van der Waals surface area contributed by atoms with Gasteiger partial charge in [0.2, 0.25) is 0 Å². The Labute approximate surface area is 88.2 Å². The fourth-order valence-corrected chi connectivity index (χ4v) is 1.44. The lowest BCUT2D eigenvalue weighted by Crippen LogP contribution is -2.29. The molecule has 1 N–H and O–H groups in total. The molecule has 0 fully saturated rings. The molecule has 0 radical (unpaired) electrons. The van der Waals surface area contributed by atoms with Crippen LogP contribution >= 0.6 is 0 Å². The first-order valence-electron chi connectivity index (χ1n) is 4.68. The van der Waals surface area contributed by atoms with Gasteiger partial charge < -0.3 is 10.1 Å². The molecule has 0 amide bonds. The van der Waals surface area contributed by atoms with E-state index in [-0.39, 0.29) is 6.04 Å². The van der Waals surface area contributed by atoms with Crippen molar-refractivity contribution < 1.29 is 4.74 Å². The molecule has 15 heavy (non-hydrogen) atoms. The number of ether oxygens (including phenoxy) is 1. The van der Waals surface area contributed by atoms with E-state index in [1.165, 1.54) is 0 Å². The van der Waals surface area contributed by atoms with Gasteiger partial charge in [0.15, 0.2) is 0 Å². The number of amidine groups is 1. The summed E-state index contributed by atoms with van der Waals surface area (Å²) in [6.45, 7) is 0.526. The monoisotopic (exact) mass is 201 g/mol. The SMILES string of the molecule is COc1ccc(C2=NCC(C#N)N2)cc1. The lowest BCUT2D eigenvalue weighted by atomic mass is 10.2. The standard InChI is InChI=1S/C11H11N3O/c1-15-10-4-2-8(3-5-10)11-13-7-9(6-12)14-11/h2-5,9H,7H2,1H3,(H,13,14). The van der Waals surface area contributed by atoms with Gasteiger partial charge in [-0.05, 0) is 24.3 Å². The van der Waals surface area contributed by atoms with Gasteiger partial charge in [0.25, 0.3) is 0 Å². The highest BCUT2D eigenvalue weighted by atomic mass is 16.5. The Balaban J connectivity index is 2.15. The van der Waals surface area contributed by atoms with Crippen molar-refractivity contribution >= 4 is 5.84 Å². The van der Waals surface area contributed by atoms with E-state index in [1.807, 2.05) is 24.3 Å². The average molecular weight is 201 g/mol. The predicted molar refractivity (Wildman–Crippen MR) is 56.9 cm³/mol. The molecule has 1 aliphatic rings. The van der Waals surface area contributed by atoms with E-state index in [4.69, 9.17) is 10.00 Å². The summed E-state index contributed by atoms with van der Waals surface area (Å²) in [4.78, 5) is 4.26.